The van der Waals surface area contributed by atoms with Crippen LogP contribution in [0.3, 0.4) is 0 Å². The van der Waals surface area contributed by atoms with E-state index < -0.39 is 5.91 Å². The van der Waals surface area contributed by atoms with E-state index in [9.17, 15) is 10.1 Å². The second-order valence-electron chi connectivity index (χ2n) is 8.43. The fourth-order valence-electron chi connectivity index (χ4n) is 4.18. The number of rotatable bonds is 8. The fourth-order valence-corrected chi connectivity index (χ4v) is 4.18. The van der Waals surface area contributed by atoms with Crippen LogP contribution < -0.4 is 15.4 Å². The van der Waals surface area contributed by atoms with Crippen LogP contribution in [0.1, 0.15) is 48.9 Å². The summed E-state index contributed by atoms with van der Waals surface area (Å²) < 4.78 is 5.77. The molecule has 0 spiro atoms. The number of hydrogen-bond acceptors (Lipinski definition) is 4. The van der Waals surface area contributed by atoms with Gasteiger partial charge in [-0.25, -0.2) is 0 Å². The molecule has 0 saturated carbocycles. The van der Waals surface area contributed by atoms with Crippen molar-refractivity contribution in [2.24, 2.45) is 0 Å². The molecule has 172 valence electrons. The number of nitrogens with zero attached hydrogens (tertiary/aromatic N) is 1. The zero-order chi connectivity index (χ0) is 23.8. The first-order valence-corrected chi connectivity index (χ1v) is 11.8. The van der Waals surface area contributed by atoms with E-state index in [2.05, 4.69) is 35.8 Å². The molecule has 0 saturated heterocycles. The summed E-state index contributed by atoms with van der Waals surface area (Å²) in [5.41, 5.74) is 4.67. The summed E-state index contributed by atoms with van der Waals surface area (Å²) >= 11 is 0. The number of hydrogen-bond donors (Lipinski definition) is 2. The van der Waals surface area contributed by atoms with Crippen LogP contribution in [0.25, 0.3) is 0 Å². The summed E-state index contributed by atoms with van der Waals surface area (Å²) in [7, 11) is 0. The van der Waals surface area contributed by atoms with E-state index in [1.165, 1.54) is 35.7 Å². The molecule has 0 fully saturated rings. The lowest BCUT2D eigenvalue weighted by Crippen LogP contribution is -2.20. The molecule has 5 nitrogen and oxygen atoms in total. The molecule has 0 heterocycles. The molecule has 5 heteroatoms. The smallest absolute Gasteiger partial charge is 0.267 e. The maximum absolute atomic E-state index is 12.7. The molecule has 0 aromatic heterocycles. The Morgan fingerprint density at radius 1 is 1.00 bits per heavy atom. The molecule has 3 aromatic rings. The van der Waals surface area contributed by atoms with Crippen molar-refractivity contribution in [1.82, 2.24) is 5.32 Å². The predicted octanol–water partition coefficient (Wildman–Crippen LogP) is 6.44. The molecule has 1 unspecified atom stereocenters. The Balaban J connectivity index is 1.38. The number of anilines is 1. The number of ether oxygens (including phenoxy) is 1. The standard InChI is InChI=1S/C29H29N3O2/c1-2-28(23-13-12-21-8-6-7-9-22(21)18-23)31-20-24(19-30)29(33)32-25-14-16-27(17-15-25)34-26-10-4-3-5-11-26/h3-5,10-18,20,28,31H,2,6-9H2,1H3,(H,32,33)/b24-20-. The Bertz CT molecular complexity index is 1190. The van der Waals surface area contributed by atoms with Crippen molar-refractivity contribution >= 4 is 11.6 Å². The fraction of sp³-hybridized carbons (Fsp3) is 0.241. The quantitative estimate of drug-likeness (QED) is 0.305. The van der Waals surface area contributed by atoms with Gasteiger partial charge in [0.2, 0.25) is 0 Å². The van der Waals surface area contributed by atoms with Crippen LogP contribution in [-0.4, -0.2) is 5.91 Å². The van der Waals surface area contributed by atoms with Gasteiger partial charge in [-0.3, -0.25) is 4.79 Å². The van der Waals surface area contributed by atoms with Gasteiger partial charge in [-0.1, -0.05) is 43.3 Å². The van der Waals surface area contributed by atoms with Crippen molar-refractivity contribution in [3.8, 4) is 17.6 Å². The lowest BCUT2D eigenvalue weighted by molar-refractivity contribution is -0.112. The minimum atomic E-state index is -0.452. The Labute approximate surface area is 201 Å². The normalized spacial score (nSPS) is 13.8. The van der Waals surface area contributed by atoms with Crippen molar-refractivity contribution in [3.05, 3.63) is 101 Å². The second-order valence-corrected chi connectivity index (χ2v) is 8.43. The van der Waals surface area contributed by atoms with Crippen molar-refractivity contribution in [3.63, 3.8) is 0 Å². The van der Waals surface area contributed by atoms with Crippen molar-refractivity contribution in [2.45, 2.75) is 45.1 Å². The molecule has 1 atom stereocenters. The minimum absolute atomic E-state index is 0.0287. The molecule has 1 amide bonds. The first-order chi connectivity index (χ1) is 16.7. The van der Waals surface area contributed by atoms with E-state index in [4.69, 9.17) is 4.74 Å². The van der Waals surface area contributed by atoms with E-state index in [0.29, 0.717) is 11.4 Å². The first kappa shape index (κ1) is 23.1. The summed E-state index contributed by atoms with van der Waals surface area (Å²) in [5.74, 6) is 0.953. The highest BCUT2D eigenvalue weighted by molar-refractivity contribution is 6.06. The van der Waals surface area contributed by atoms with E-state index in [0.717, 1.165) is 25.0 Å². The van der Waals surface area contributed by atoms with E-state index >= 15 is 0 Å². The summed E-state index contributed by atoms with van der Waals surface area (Å²) in [5, 5.41) is 15.6. The van der Waals surface area contributed by atoms with Crippen LogP contribution in [0.15, 0.2) is 84.6 Å². The second kappa shape index (κ2) is 11.2. The van der Waals surface area contributed by atoms with Gasteiger partial charge in [0, 0.05) is 11.9 Å². The van der Waals surface area contributed by atoms with Crippen LogP contribution in [0.5, 0.6) is 11.5 Å². The van der Waals surface area contributed by atoms with Crippen LogP contribution in [0, 0.1) is 11.3 Å². The molecule has 0 bridgehead atoms. The van der Waals surface area contributed by atoms with Gasteiger partial charge in [-0.05, 0) is 85.2 Å². The highest BCUT2D eigenvalue weighted by Gasteiger charge is 2.15. The predicted molar refractivity (Wildman–Crippen MR) is 135 cm³/mol. The van der Waals surface area contributed by atoms with Gasteiger partial charge in [0.25, 0.3) is 5.91 Å². The summed E-state index contributed by atoms with van der Waals surface area (Å²) in [4.78, 5) is 12.7. The van der Waals surface area contributed by atoms with Gasteiger partial charge >= 0.3 is 0 Å². The largest absolute Gasteiger partial charge is 0.457 e. The monoisotopic (exact) mass is 451 g/mol. The maximum Gasteiger partial charge on any atom is 0.267 e. The van der Waals surface area contributed by atoms with E-state index in [1.54, 1.807) is 24.3 Å². The summed E-state index contributed by atoms with van der Waals surface area (Å²) in [6, 6.07) is 25.2. The number of carbonyl (C=O) groups is 1. The van der Waals surface area contributed by atoms with Gasteiger partial charge in [-0.2, -0.15) is 5.26 Å². The highest BCUT2D eigenvalue weighted by Crippen LogP contribution is 2.26. The lowest BCUT2D eigenvalue weighted by atomic mass is 9.89. The highest BCUT2D eigenvalue weighted by atomic mass is 16.5. The molecule has 4 rings (SSSR count). The number of aryl methyl sites for hydroxylation is 2. The van der Waals surface area contributed by atoms with E-state index in [1.807, 2.05) is 36.4 Å². The number of nitriles is 1. The molecule has 0 aliphatic heterocycles. The van der Waals surface area contributed by atoms with Gasteiger partial charge in [0.15, 0.2) is 0 Å². The van der Waals surface area contributed by atoms with Crippen LogP contribution in [0.2, 0.25) is 0 Å². The molecular formula is C29H29N3O2. The van der Waals surface area contributed by atoms with Gasteiger partial charge in [0.05, 0.1) is 6.04 Å². The lowest BCUT2D eigenvalue weighted by Gasteiger charge is -2.21. The third kappa shape index (κ3) is 5.85. The number of para-hydroxylation sites is 1. The first-order valence-electron chi connectivity index (χ1n) is 11.8. The third-order valence-electron chi connectivity index (χ3n) is 6.07. The van der Waals surface area contributed by atoms with Crippen LogP contribution >= 0.6 is 0 Å². The van der Waals surface area contributed by atoms with E-state index in [-0.39, 0.29) is 11.6 Å². The van der Waals surface area contributed by atoms with Gasteiger partial charge < -0.3 is 15.4 Å². The zero-order valence-electron chi connectivity index (χ0n) is 19.4. The zero-order valence-corrected chi connectivity index (χ0v) is 19.4. The molecular weight excluding hydrogens is 422 g/mol. The number of nitrogens with one attached hydrogen (secondary N) is 2. The van der Waals surface area contributed by atoms with Crippen LogP contribution in [-0.2, 0) is 17.6 Å². The average molecular weight is 452 g/mol. The summed E-state index contributed by atoms with van der Waals surface area (Å²) in [6.07, 6.45) is 7.13. The molecule has 3 aromatic carbocycles. The molecule has 1 aliphatic rings. The van der Waals surface area contributed by atoms with Crippen LogP contribution in [0.4, 0.5) is 5.69 Å². The molecule has 0 radical (unpaired) electrons. The Morgan fingerprint density at radius 3 is 2.41 bits per heavy atom. The SMILES string of the molecule is CCC(N/C=C(/C#N)C(=O)Nc1ccc(Oc2ccccc2)cc1)c1ccc2c(c1)CCCC2. The summed E-state index contributed by atoms with van der Waals surface area (Å²) in [6.45, 7) is 2.09. The van der Waals surface area contributed by atoms with Gasteiger partial charge in [-0.15, -0.1) is 0 Å². The maximum atomic E-state index is 12.7. The third-order valence-corrected chi connectivity index (χ3v) is 6.07. The molecule has 2 N–H and O–H groups in total. The Morgan fingerprint density at radius 2 is 1.71 bits per heavy atom. The number of carbonyl (C=O) groups excluding carboxylic acids is 1. The Hall–Kier alpha value is -4.04. The molecule has 34 heavy (non-hydrogen) atoms. The minimum Gasteiger partial charge on any atom is -0.457 e. The number of benzene rings is 3. The molecule has 1 aliphatic carbocycles. The van der Waals surface area contributed by atoms with Crippen molar-refractivity contribution < 1.29 is 9.53 Å². The van der Waals surface area contributed by atoms with Crippen molar-refractivity contribution in [2.75, 3.05) is 5.32 Å². The topological polar surface area (TPSA) is 74.2 Å². The van der Waals surface area contributed by atoms with Gasteiger partial charge in [0.1, 0.15) is 23.1 Å². The number of amides is 1. The number of fused-ring (bicyclic) bond motifs is 1. The average Bonchev–Trinajstić information content (AvgIpc) is 2.88. The van der Waals surface area contributed by atoms with Crippen molar-refractivity contribution in [1.29, 1.82) is 5.26 Å². The Kier molecular flexibility index (Phi) is 7.62.